The number of hydrogen-bond acceptors (Lipinski definition) is 6. The summed E-state index contributed by atoms with van der Waals surface area (Å²) in [4.78, 5) is 22.1. The summed E-state index contributed by atoms with van der Waals surface area (Å²) >= 11 is 0. The van der Waals surface area contributed by atoms with E-state index in [1.165, 1.54) is 19.2 Å². The van der Waals surface area contributed by atoms with Crippen LogP contribution in [0, 0.1) is 5.82 Å². The monoisotopic (exact) mass is 361 g/mol. The number of nitrogens with zero attached hydrogens (tertiary/aromatic N) is 3. The predicted octanol–water partition coefficient (Wildman–Crippen LogP) is 2.07. The number of ether oxygens (including phenoxy) is 3. The fourth-order valence-electron chi connectivity index (χ4n) is 2.71. The molecule has 26 heavy (non-hydrogen) atoms. The van der Waals surface area contributed by atoms with Gasteiger partial charge in [0.1, 0.15) is 6.10 Å². The van der Waals surface area contributed by atoms with Crippen molar-refractivity contribution in [2.24, 2.45) is 0 Å². The van der Waals surface area contributed by atoms with E-state index in [0.717, 1.165) is 12.8 Å². The van der Waals surface area contributed by atoms with Crippen molar-refractivity contribution < 1.29 is 23.4 Å². The molecule has 1 amide bonds. The highest BCUT2D eigenvalue weighted by atomic mass is 19.1. The first-order valence-corrected chi connectivity index (χ1v) is 8.34. The molecule has 138 valence electrons. The molecule has 2 aromatic rings. The van der Waals surface area contributed by atoms with Gasteiger partial charge in [0.05, 0.1) is 13.7 Å². The molecule has 1 aromatic heterocycles. The molecule has 0 spiro atoms. The number of hydrogen-bond donors (Lipinski definition) is 0. The van der Waals surface area contributed by atoms with E-state index in [1.54, 1.807) is 29.3 Å². The molecule has 2 heterocycles. The van der Waals surface area contributed by atoms with E-state index in [9.17, 15) is 9.18 Å². The summed E-state index contributed by atoms with van der Waals surface area (Å²) in [5.74, 6) is -0.225. The van der Waals surface area contributed by atoms with Crippen LogP contribution in [0.4, 0.5) is 4.39 Å². The summed E-state index contributed by atoms with van der Waals surface area (Å²) in [6.45, 7) is 0.827. The summed E-state index contributed by atoms with van der Waals surface area (Å²) in [5, 5.41) is 0. The molecule has 0 aliphatic carbocycles. The van der Waals surface area contributed by atoms with Crippen LogP contribution in [0.2, 0.25) is 0 Å². The molecule has 0 N–H and O–H groups in total. The minimum absolute atomic E-state index is 0.0683. The molecule has 0 radical (unpaired) electrons. The van der Waals surface area contributed by atoms with Crippen LogP contribution in [-0.2, 0) is 4.79 Å². The van der Waals surface area contributed by atoms with Gasteiger partial charge in [0.15, 0.2) is 18.2 Å². The largest absolute Gasteiger partial charge is 0.481 e. The summed E-state index contributed by atoms with van der Waals surface area (Å²) in [7, 11) is 1.48. The molecule has 3 rings (SSSR count). The van der Waals surface area contributed by atoms with E-state index >= 15 is 0 Å². The fraction of sp³-hybridized carbons (Fsp3) is 0.389. The van der Waals surface area contributed by atoms with Gasteiger partial charge in [0.25, 0.3) is 5.91 Å². The van der Waals surface area contributed by atoms with E-state index < -0.39 is 5.82 Å². The molecule has 1 unspecified atom stereocenters. The Morgan fingerprint density at radius 3 is 3.00 bits per heavy atom. The van der Waals surface area contributed by atoms with Crippen LogP contribution in [-0.4, -0.2) is 53.7 Å². The first-order valence-electron chi connectivity index (χ1n) is 8.34. The van der Waals surface area contributed by atoms with Crippen LogP contribution in [0.5, 0.6) is 17.6 Å². The van der Waals surface area contributed by atoms with Crippen LogP contribution in [0.25, 0.3) is 0 Å². The number of rotatable bonds is 6. The van der Waals surface area contributed by atoms with Crippen molar-refractivity contribution in [3.63, 3.8) is 0 Å². The number of carbonyl (C=O) groups is 1. The molecule has 0 saturated carbocycles. The second-order valence-corrected chi connectivity index (χ2v) is 5.82. The Balaban J connectivity index is 1.54. The van der Waals surface area contributed by atoms with Crippen molar-refractivity contribution in [1.82, 2.24) is 14.9 Å². The molecule has 1 aliphatic heterocycles. The van der Waals surface area contributed by atoms with E-state index in [4.69, 9.17) is 14.2 Å². The second-order valence-electron chi connectivity index (χ2n) is 5.82. The van der Waals surface area contributed by atoms with Gasteiger partial charge in [-0.3, -0.25) is 4.79 Å². The fourth-order valence-corrected chi connectivity index (χ4v) is 2.71. The number of piperidine rings is 1. The normalized spacial score (nSPS) is 16.8. The van der Waals surface area contributed by atoms with Gasteiger partial charge in [-0.1, -0.05) is 12.1 Å². The third-order valence-corrected chi connectivity index (χ3v) is 4.00. The van der Waals surface area contributed by atoms with Crippen LogP contribution in [0.1, 0.15) is 12.8 Å². The summed E-state index contributed by atoms with van der Waals surface area (Å²) in [6, 6.07) is 7.88. The highest BCUT2D eigenvalue weighted by Gasteiger charge is 2.25. The van der Waals surface area contributed by atoms with Gasteiger partial charge in [-0.2, -0.15) is 4.98 Å². The minimum Gasteiger partial charge on any atom is -0.481 e. The maximum Gasteiger partial charge on any atom is 0.319 e. The van der Waals surface area contributed by atoms with Crippen molar-refractivity contribution in [1.29, 1.82) is 0 Å². The zero-order chi connectivity index (χ0) is 18.4. The lowest BCUT2D eigenvalue weighted by molar-refractivity contribution is -0.136. The third-order valence-electron chi connectivity index (χ3n) is 4.00. The first-order chi connectivity index (χ1) is 12.7. The topological polar surface area (TPSA) is 73.8 Å². The van der Waals surface area contributed by atoms with E-state index in [-0.39, 0.29) is 30.4 Å². The molecular formula is C18H20FN3O4. The van der Waals surface area contributed by atoms with Crippen LogP contribution in [0.15, 0.2) is 36.5 Å². The first kappa shape index (κ1) is 17.9. The Hall–Kier alpha value is -2.90. The van der Waals surface area contributed by atoms with Gasteiger partial charge < -0.3 is 19.1 Å². The van der Waals surface area contributed by atoms with E-state index in [1.807, 2.05) is 0 Å². The average molecular weight is 361 g/mol. The number of halogens is 1. The Bertz CT molecular complexity index is 759. The lowest BCUT2D eigenvalue weighted by atomic mass is 10.1. The van der Waals surface area contributed by atoms with Gasteiger partial charge in [0.2, 0.25) is 5.88 Å². The van der Waals surface area contributed by atoms with E-state index in [2.05, 4.69) is 9.97 Å². The molecule has 0 bridgehead atoms. The Kier molecular flexibility index (Phi) is 5.83. The lowest BCUT2D eigenvalue weighted by Crippen LogP contribution is -2.46. The van der Waals surface area contributed by atoms with Gasteiger partial charge in [-0.25, -0.2) is 9.37 Å². The zero-order valence-electron chi connectivity index (χ0n) is 14.4. The third kappa shape index (κ3) is 4.59. The second kappa shape index (κ2) is 8.46. The summed E-state index contributed by atoms with van der Waals surface area (Å²) in [6.07, 6.45) is 2.98. The molecule has 7 nitrogen and oxygen atoms in total. The van der Waals surface area contributed by atoms with Gasteiger partial charge >= 0.3 is 6.01 Å². The number of aromatic nitrogens is 2. The molecule has 1 fully saturated rings. The van der Waals surface area contributed by atoms with Gasteiger partial charge in [-0.05, 0) is 25.0 Å². The molecule has 1 saturated heterocycles. The summed E-state index contributed by atoms with van der Waals surface area (Å²) in [5.41, 5.74) is 0. The smallest absolute Gasteiger partial charge is 0.319 e. The molecule has 1 aromatic carbocycles. The lowest BCUT2D eigenvalue weighted by Gasteiger charge is -2.32. The maximum atomic E-state index is 13.6. The van der Waals surface area contributed by atoms with Crippen LogP contribution in [0.3, 0.4) is 0 Å². The van der Waals surface area contributed by atoms with E-state index in [0.29, 0.717) is 19.0 Å². The highest BCUT2D eigenvalue weighted by molar-refractivity contribution is 5.77. The van der Waals surface area contributed by atoms with Crippen LogP contribution < -0.4 is 14.2 Å². The van der Waals surface area contributed by atoms with Crippen molar-refractivity contribution in [2.75, 3.05) is 26.8 Å². The maximum absolute atomic E-state index is 13.6. The van der Waals surface area contributed by atoms with Gasteiger partial charge in [-0.15, -0.1) is 0 Å². The summed E-state index contributed by atoms with van der Waals surface area (Å²) < 4.78 is 29.7. The number of amides is 1. The number of methoxy groups -OCH3 is 1. The Morgan fingerprint density at radius 2 is 2.19 bits per heavy atom. The standard InChI is InChI=1S/C18H20FN3O4/c1-24-18-20-9-8-16(21-18)26-13-5-4-10-22(11-13)17(23)12-25-15-7-3-2-6-14(15)19/h2-3,6-9,13H,4-5,10-12H2,1H3. The SMILES string of the molecule is COc1nccc(OC2CCCN(C(=O)COc3ccccc3F)C2)n1. The Morgan fingerprint density at radius 1 is 1.35 bits per heavy atom. The Labute approximate surface area is 150 Å². The molecule has 1 aliphatic rings. The van der Waals surface area contributed by atoms with Crippen LogP contribution >= 0.6 is 0 Å². The number of para-hydroxylation sites is 1. The molecule has 8 heteroatoms. The average Bonchev–Trinajstić information content (AvgIpc) is 2.67. The predicted molar refractivity (Wildman–Crippen MR) is 90.7 cm³/mol. The zero-order valence-corrected chi connectivity index (χ0v) is 14.4. The minimum atomic E-state index is -0.488. The highest BCUT2D eigenvalue weighted by Crippen LogP contribution is 2.19. The van der Waals surface area contributed by atoms with Crippen molar-refractivity contribution >= 4 is 5.91 Å². The number of likely N-dealkylation sites (tertiary alicyclic amines) is 1. The quantitative estimate of drug-likeness (QED) is 0.784. The number of carbonyl (C=O) groups excluding carboxylic acids is 1. The number of benzene rings is 1. The van der Waals surface area contributed by atoms with Crippen molar-refractivity contribution in [3.8, 4) is 17.6 Å². The van der Waals surface area contributed by atoms with Crippen molar-refractivity contribution in [3.05, 3.63) is 42.3 Å². The van der Waals surface area contributed by atoms with Gasteiger partial charge in [0, 0.05) is 18.8 Å². The molecular weight excluding hydrogens is 341 g/mol. The molecule has 1 atom stereocenters. The van der Waals surface area contributed by atoms with Crippen molar-refractivity contribution in [2.45, 2.75) is 18.9 Å².